The van der Waals surface area contributed by atoms with Crippen LogP contribution >= 0.6 is 0 Å². The molecule has 0 saturated carbocycles. The highest BCUT2D eigenvalue weighted by atomic mass is 16.6. The van der Waals surface area contributed by atoms with Gasteiger partial charge in [0.2, 0.25) is 0 Å². The van der Waals surface area contributed by atoms with Crippen molar-refractivity contribution < 1.29 is 19.6 Å². The van der Waals surface area contributed by atoms with Gasteiger partial charge in [0.05, 0.1) is 4.92 Å². The summed E-state index contributed by atoms with van der Waals surface area (Å²) in [5.41, 5.74) is 0.805. The molecule has 2 aromatic carbocycles. The zero-order valence-electron chi connectivity index (χ0n) is 12.0. The van der Waals surface area contributed by atoms with Crippen molar-refractivity contribution in [3.63, 3.8) is 0 Å². The van der Waals surface area contributed by atoms with Crippen LogP contribution in [-0.2, 0) is 11.2 Å². The van der Waals surface area contributed by atoms with E-state index >= 15 is 0 Å². The van der Waals surface area contributed by atoms with E-state index in [4.69, 9.17) is 0 Å². The first-order valence-electron chi connectivity index (χ1n) is 6.79. The van der Waals surface area contributed by atoms with Gasteiger partial charge in [-0.15, -0.1) is 0 Å². The number of rotatable bonds is 6. The summed E-state index contributed by atoms with van der Waals surface area (Å²) in [6, 6.07) is 12.8. The van der Waals surface area contributed by atoms with E-state index in [2.05, 4.69) is 5.32 Å². The highest BCUT2D eigenvalue weighted by Crippen LogP contribution is 2.12. The van der Waals surface area contributed by atoms with E-state index in [1.807, 2.05) is 6.07 Å². The highest BCUT2D eigenvalue weighted by Gasteiger charge is 2.21. The van der Waals surface area contributed by atoms with Crippen LogP contribution in [0.25, 0.3) is 0 Å². The number of hydrogen-bond acceptors (Lipinski definition) is 4. The van der Waals surface area contributed by atoms with Crippen molar-refractivity contribution in [2.24, 2.45) is 0 Å². The summed E-state index contributed by atoms with van der Waals surface area (Å²) in [4.78, 5) is 33.4. The number of hydrogen-bond donors (Lipinski definition) is 2. The molecule has 0 aliphatic carbocycles. The molecule has 0 fully saturated rings. The Morgan fingerprint density at radius 3 is 2.22 bits per heavy atom. The zero-order valence-corrected chi connectivity index (χ0v) is 12.0. The number of nitrogens with one attached hydrogen (secondary N) is 1. The lowest BCUT2D eigenvalue weighted by Crippen LogP contribution is -2.42. The van der Waals surface area contributed by atoms with Crippen LogP contribution in [0.5, 0.6) is 0 Å². The van der Waals surface area contributed by atoms with Crippen LogP contribution in [-0.4, -0.2) is 27.9 Å². The van der Waals surface area contributed by atoms with Gasteiger partial charge in [0.15, 0.2) is 0 Å². The van der Waals surface area contributed by atoms with Crippen LogP contribution in [0.15, 0.2) is 54.6 Å². The van der Waals surface area contributed by atoms with E-state index in [9.17, 15) is 24.8 Å². The monoisotopic (exact) mass is 314 g/mol. The van der Waals surface area contributed by atoms with Crippen molar-refractivity contribution in [3.8, 4) is 0 Å². The van der Waals surface area contributed by atoms with Crippen LogP contribution in [0.3, 0.4) is 0 Å². The van der Waals surface area contributed by atoms with Crippen molar-refractivity contribution in [2.75, 3.05) is 0 Å². The molecule has 2 aromatic rings. The van der Waals surface area contributed by atoms with Crippen LogP contribution < -0.4 is 5.32 Å². The Labute approximate surface area is 131 Å². The Hall–Kier alpha value is -3.22. The van der Waals surface area contributed by atoms with Gasteiger partial charge < -0.3 is 10.4 Å². The molecule has 0 aromatic heterocycles. The van der Waals surface area contributed by atoms with Crippen molar-refractivity contribution in [3.05, 3.63) is 75.8 Å². The Kier molecular flexibility index (Phi) is 5.03. The molecule has 0 unspecified atom stereocenters. The maximum absolute atomic E-state index is 12.1. The summed E-state index contributed by atoms with van der Waals surface area (Å²) < 4.78 is 0. The molecule has 0 saturated heterocycles. The van der Waals surface area contributed by atoms with Gasteiger partial charge in [-0.1, -0.05) is 30.3 Å². The van der Waals surface area contributed by atoms with E-state index in [0.717, 1.165) is 5.56 Å². The van der Waals surface area contributed by atoms with Crippen LogP contribution in [0.2, 0.25) is 0 Å². The molecule has 2 N–H and O–H groups in total. The Bertz CT molecular complexity index is 713. The fourth-order valence-corrected chi connectivity index (χ4v) is 2.03. The molecule has 0 spiro atoms. The zero-order chi connectivity index (χ0) is 16.8. The van der Waals surface area contributed by atoms with Crippen molar-refractivity contribution in [1.29, 1.82) is 0 Å². The minimum absolute atomic E-state index is 0.138. The van der Waals surface area contributed by atoms with Gasteiger partial charge in [0, 0.05) is 24.1 Å². The summed E-state index contributed by atoms with van der Waals surface area (Å²) in [5.74, 6) is -1.74. The molecule has 0 bridgehead atoms. The molecular weight excluding hydrogens is 300 g/mol. The number of carbonyl (C=O) groups excluding carboxylic acids is 1. The predicted octanol–water partition coefficient (Wildman–Crippen LogP) is 2.02. The third kappa shape index (κ3) is 4.37. The first-order chi connectivity index (χ1) is 11.0. The SMILES string of the molecule is O=C(N[C@@H](Cc1ccccc1)C(=O)O)c1ccc([N+](=O)[O-])cc1. The molecule has 1 amide bonds. The number of amides is 1. The van der Waals surface area contributed by atoms with E-state index in [0.29, 0.717) is 0 Å². The van der Waals surface area contributed by atoms with Crippen molar-refractivity contribution >= 4 is 17.6 Å². The van der Waals surface area contributed by atoms with Gasteiger partial charge in [-0.3, -0.25) is 14.9 Å². The van der Waals surface area contributed by atoms with E-state index in [-0.39, 0.29) is 17.7 Å². The first-order valence-corrected chi connectivity index (χ1v) is 6.79. The second-order valence-electron chi connectivity index (χ2n) is 4.86. The van der Waals surface area contributed by atoms with E-state index in [1.54, 1.807) is 24.3 Å². The molecule has 23 heavy (non-hydrogen) atoms. The van der Waals surface area contributed by atoms with Gasteiger partial charge in [-0.2, -0.15) is 0 Å². The summed E-state index contributed by atoms with van der Waals surface area (Å²) >= 11 is 0. The quantitative estimate of drug-likeness (QED) is 0.626. The van der Waals surface area contributed by atoms with Crippen molar-refractivity contribution in [2.45, 2.75) is 12.5 Å². The average Bonchev–Trinajstić information content (AvgIpc) is 2.55. The number of nitro benzene ring substituents is 1. The number of benzene rings is 2. The summed E-state index contributed by atoms with van der Waals surface area (Å²) in [6.07, 6.45) is 0.148. The summed E-state index contributed by atoms with van der Waals surface area (Å²) in [5, 5.41) is 22.2. The molecule has 7 heteroatoms. The topological polar surface area (TPSA) is 110 Å². The lowest BCUT2D eigenvalue weighted by Gasteiger charge is -2.14. The van der Waals surface area contributed by atoms with Crippen molar-refractivity contribution in [1.82, 2.24) is 5.32 Å². The summed E-state index contributed by atoms with van der Waals surface area (Å²) in [7, 11) is 0. The fraction of sp³-hybridized carbons (Fsp3) is 0.125. The largest absolute Gasteiger partial charge is 0.480 e. The molecule has 0 heterocycles. The Balaban J connectivity index is 2.08. The molecule has 0 aliphatic heterocycles. The number of aliphatic carboxylic acids is 1. The standard InChI is InChI=1S/C16H14N2O5/c19-15(12-6-8-13(9-7-12)18(22)23)17-14(16(20)21)10-11-4-2-1-3-5-11/h1-9,14H,10H2,(H,17,19)(H,20,21)/t14-/m0/s1. The van der Waals surface area contributed by atoms with Gasteiger partial charge in [0.1, 0.15) is 6.04 Å². The molecular formula is C16H14N2O5. The first kappa shape index (κ1) is 16.2. The number of non-ortho nitro benzene ring substituents is 1. The van der Waals surface area contributed by atoms with Gasteiger partial charge in [0.25, 0.3) is 11.6 Å². The highest BCUT2D eigenvalue weighted by molar-refractivity contribution is 5.96. The number of nitrogens with zero attached hydrogens (tertiary/aromatic N) is 1. The van der Waals surface area contributed by atoms with Crippen LogP contribution in [0.4, 0.5) is 5.69 Å². The molecule has 2 rings (SSSR count). The second kappa shape index (κ2) is 7.17. The molecule has 7 nitrogen and oxygen atoms in total. The second-order valence-corrected chi connectivity index (χ2v) is 4.86. The number of carboxylic acid groups (broad SMARTS) is 1. The summed E-state index contributed by atoms with van der Waals surface area (Å²) in [6.45, 7) is 0. The molecule has 1 atom stereocenters. The normalized spacial score (nSPS) is 11.5. The lowest BCUT2D eigenvalue weighted by atomic mass is 10.1. The predicted molar refractivity (Wildman–Crippen MR) is 82.1 cm³/mol. The maximum Gasteiger partial charge on any atom is 0.326 e. The van der Waals surface area contributed by atoms with Crippen LogP contribution in [0.1, 0.15) is 15.9 Å². The van der Waals surface area contributed by atoms with Gasteiger partial charge >= 0.3 is 5.97 Å². The molecule has 118 valence electrons. The van der Waals surface area contributed by atoms with E-state index < -0.39 is 22.8 Å². The number of carboxylic acids is 1. The third-order valence-corrected chi connectivity index (χ3v) is 3.23. The smallest absolute Gasteiger partial charge is 0.326 e. The minimum Gasteiger partial charge on any atom is -0.480 e. The lowest BCUT2D eigenvalue weighted by molar-refractivity contribution is -0.384. The van der Waals surface area contributed by atoms with E-state index in [1.165, 1.54) is 24.3 Å². The minimum atomic E-state index is -1.15. The fourth-order valence-electron chi connectivity index (χ4n) is 2.03. The van der Waals surface area contributed by atoms with Gasteiger partial charge in [-0.25, -0.2) is 4.79 Å². The third-order valence-electron chi connectivity index (χ3n) is 3.23. The number of nitro groups is 1. The molecule has 0 radical (unpaired) electrons. The Morgan fingerprint density at radius 2 is 1.70 bits per heavy atom. The van der Waals surface area contributed by atoms with Gasteiger partial charge in [-0.05, 0) is 17.7 Å². The average molecular weight is 314 g/mol. The Morgan fingerprint density at radius 1 is 1.09 bits per heavy atom. The number of carbonyl (C=O) groups is 2. The molecule has 0 aliphatic rings. The van der Waals surface area contributed by atoms with Crippen LogP contribution in [0, 0.1) is 10.1 Å². The maximum atomic E-state index is 12.1.